The van der Waals surface area contributed by atoms with Gasteiger partial charge in [0.1, 0.15) is 5.78 Å². The Morgan fingerprint density at radius 2 is 1.88 bits per heavy atom. The van der Waals surface area contributed by atoms with Crippen molar-refractivity contribution in [3.05, 3.63) is 42.0 Å². The molecule has 0 N–H and O–H groups in total. The molecular weight excluding hydrogens is 196 g/mol. The number of carbonyl (C=O) groups excluding carboxylic acids is 1. The fourth-order valence-electron chi connectivity index (χ4n) is 3.04. The largest absolute Gasteiger partial charge is 0.299 e. The van der Waals surface area contributed by atoms with Crippen molar-refractivity contribution in [2.45, 2.75) is 25.7 Å². The maximum Gasteiger partial charge on any atom is 0.143 e. The molecule has 2 aliphatic rings. The number of rotatable bonds is 1. The fraction of sp³-hybridized carbons (Fsp3) is 0.400. The second-order valence-corrected chi connectivity index (χ2v) is 4.84. The van der Waals surface area contributed by atoms with Crippen molar-refractivity contribution in [2.75, 3.05) is 0 Å². The first kappa shape index (κ1) is 9.83. The lowest BCUT2D eigenvalue weighted by Gasteiger charge is -2.33. The van der Waals surface area contributed by atoms with Gasteiger partial charge >= 0.3 is 0 Å². The van der Waals surface area contributed by atoms with E-state index >= 15 is 0 Å². The van der Waals surface area contributed by atoms with E-state index in [0.717, 1.165) is 19.3 Å². The second-order valence-electron chi connectivity index (χ2n) is 4.84. The van der Waals surface area contributed by atoms with E-state index in [9.17, 15) is 4.79 Å². The fourth-order valence-corrected chi connectivity index (χ4v) is 3.04. The lowest BCUT2D eigenvalue weighted by Crippen LogP contribution is -2.32. The summed E-state index contributed by atoms with van der Waals surface area (Å²) in [6.07, 6.45) is 6.62. The number of hydrogen-bond donors (Lipinski definition) is 0. The van der Waals surface area contributed by atoms with Gasteiger partial charge in [-0.3, -0.25) is 4.79 Å². The van der Waals surface area contributed by atoms with Crippen LogP contribution in [0.15, 0.2) is 36.4 Å². The highest BCUT2D eigenvalue weighted by Gasteiger charge is 2.36. The van der Waals surface area contributed by atoms with Crippen molar-refractivity contribution in [1.29, 1.82) is 0 Å². The Balaban J connectivity index is 1.99. The molecule has 1 fully saturated rings. The number of benzene rings is 1. The number of ketones is 1. The first-order valence-electron chi connectivity index (χ1n) is 6.15. The van der Waals surface area contributed by atoms with Gasteiger partial charge in [0.05, 0.1) is 0 Å². The van der Waals surface area contributed by atoms with Crippen LogP contribution in [-0.2, 0) is 4.79 Å². The predicted molar refractivity (Wildman–Crippen MR) is 64.9 cm³/mol. The van der Waals surface area contributed by atoms with Crippen LogP contribution in [0.25, 0.3) is 5.57 Å². The van der Waals surface area contributed by atoms with Gasteiger partial charge in [-0.05, 0) is 30.4 Å². The molecule has 1 nitrogen and oxygen atoms in total. The average molecular weight is 212 g/mol. The van der Waals surface area contributed by atoms with E-state index in [1.807, 2.05) is 6.07 Å². The molecule has 2 atom stereocenters. The van der Waals surface area contributed by atoms with Crippen LogP contribution in [0.1, 0.15) is 31.2 Å². The monoisotopic (exact) mass is 212 g/mol. The van der Waals surface area contributed by atoms with E-state index in [1.54, 1.807) is 0 Å². The van der Waals surface area contributed by atoms with Crippen LogP contribution in [0.5, 0.6) is 0 Å². The molecule has 0 aromatic heterocycles. The second kappa shape index (κ2) is 3.89. The van der Waals surface area contributed by atoms with Crippen LogP contribution in [0.3, 0.4) is 0 Å². The Hall–Kier alpha value is -1.37. The van der Waals surface area contributed by atoms with Gasteiger partial charge in [0, 0.05) is 11.8 Å². The van der Waals surface area contributed by atoms with Crippen molar-refractivity contribution in [3.8, 4) is 0 Å². The van der Waals surface area contributed by atoms with Crippen LogP contribution in [0.2, 0.25) is 0 Å². The number of hydrogen-bond acceptors (Lipinski definition) is 1. The maximum absolute atomic E-state index is 12.2. The summed E-state index contributed by atoms with van der Waals surface area (Å²) in [5.41, 5.74) is 2.52. The van der Waals surface area contributed by atoms with Crippen LogP contribution in [-0.4, -0.2) is 5.78 Å². The highest BCUT2D eigenvalue weighted by atomic mass is 16.1. The maximum atomic E-state index is 12.2. The summed E-state index contributed by atoms with van der Waals surface area (Å²) >= 11 is 0. The molecule has 2 aliphatic carbocycles. The molecule has 82 valence electrons. The molecule has 16 heavy (non-hydrogen) atoms. The number of fused-ring (bicyclic) bond motifs is 2. The minimum atomic E-state index is 0.190. The van der Waals surface area contributed by atoms with Crippen molar-refractivity contribution in [3.63, 3.8) is 0 Å². The molecule has 0 heterocycles. The predicted octanol–water partition coefficient (Wildman–Crippen LogP) is 3.46. The summed E-state index contributed by atoms with van der Waals surface area (Å²) in [7, 11) is 0. The minimum Gasteiger partial charge on any atom is -0.299 e. The van der Waals surface area contributed by atoms with Gasteiger partial charge < -0.3 is 0 Å². The van der Waals surface area contributed by atoms with Crippen LogP contribution in [0, 0.1) is 11.8 Å². The molecule has 1 saturated carbocycles. The lowest BCUT2D eigenvalue weighted by atomic mass is 9.69. The third kappa shape index (κ3) is 1.51. The van der Waals surface area contributed by atoms with Gasteiger partial charge in [-0.2, -0.15) is 0 Å². The topological polar surface area (TPSA) is 17.1 Å². The van der Waals surface area contributed by atoms with Gasteiger partial charge in [-0.15, -0.1) is 0 Å². The van der Waals surface area contributed by atoms with Gasteiger partial charge in [0.2, 0.25) is 0 Å². The molecule has 0 aliphatic heterocycles. The van der Waals surface area contributed by atoms with Crippen molar-refractivity contribution in [2.24, 2.45) is 11.8 Å². The first-order chi connectivity index (χ1) is 7.86. The van der Waals surface area contributed by atoms with E-state index in [2.05, 4.69) is 30.3 Å². The zero-order valence-electron chi connectivity index (χ0n) is 9.36. The summed E-state index contributed by atoms with van der Waals surface area (Å²) < 4.78 is 0. The van der Waals surface area contributed by atoms with Crippen molar-refractivity contribution >= 4 is 11.4 Å². The summed E-state index contributed by atoms with van der Waals surface area (Å²) in [5.74, 6) is 1.01. The molecular formula is C15H16O. The standard InChI is InChI=1S/C15H16O/c16-15-12-7-4-8-14(15)13(10-9-12)11-5-2-1-3-6-11/h1-3,5-6,10,12,14H,4,7-9H2/t12-,14-/m0/s1. The molecule has 0 amide bonds. The van der Waals surface area contributed by atoms with E-state index in [1.165, 1.54) is 17.6 Å². The lowest BCUT2D eigenvalue weighted by molar-refractivity contribution is -0.127. The highest BCUT2D eigenvalue weighted by molar-refractivity contribution is 5.97. The van der Waals surface area contributed by atoms with Crippen molar-refractivity contribution < 1.29 is 4.79 Å². The van der Waals surface area contributed by atoms with Gasteiger partial charge in [-0.25, -0.2) is 0 Å². The van der Waals surface area contributed by atoms with E-state index in [4.69, 9.17) is 0 Å². The molecule has 3 rings (SSSR count). The van der Waals surface area contributed by atoms with Crippen molar-refractivity contribution in [1.82, 2.24) is 0 Å². The Labute approximate surface area is 96.2 Å². The summed E-state index contributed by atoms with van der Waals surface area (Å²) in [6.45, 7) is 0. The molecule has 1 heteroatoms. The smallest absolute Gasteiger partial charge is 0.143 e. The molecule has 0 unspecified atom stereocenters. The first-order valence-corrected chi connectivity index (χ1v) is 6.15. The summed E-state index contributed by atoms with van der Waals surface area (Å²) in [4.78, 5) is 12.2. The zero-order valence-corrected chi connectivity index (χ0v) is 9.36. The SMILES string of the molecule is O=C1[C@@H]2CC=C(c3ccccc3)[C@@H]1CCC2. The highest BCUT2D eigenvalue weighted by Crippen LogP contribution is 2.41. The zero-order chi connectivity index (χ0) is 11.0. The van der Waals surface area contributed by atoms with Crippen LogP contribution >= 0.6 is 0 Å². The normalized spacial score (nSPS) is 28.8. The summed E-state index contributed by atoms with van der Waals surface area (Å²) in [6, 6.07) is 10.4. The molecule has 0 saturated heterocycles. The van der Waals surface area contributed by atoms with Crippen LogP contribution in [0.4, 0.5) is 0 Å². The van der Waals surface area contributed by atoms with Gasteiger partial charge in [0.15, 0.2) is 0 Å². The Morgan fingerprint density at radius 1 is 1.06 bits per heavy atom. The molecule has 1 aromatic carbocycles. The third-order valence-electron chi connectivity index (χ3n) is 3.90. The molecule has 0 radical (unpaired) electrons. The van der Waals surface area contributed by atoms with E-state index in [0.29, 0.717) is 11.7 Å². The van der Waals surface area contributed by atoms with E-state index < -0.39 is 0 Å². The number of Topliss-reactive ketones (excluding diaryl/α,β-unsaturated/α-hetero) is 1. The van der Waals surface area contributed by atoms with Crippen LogP contribution < -0.4 is 0 Å². The molecule has 2 bridgehead atoms. The van der Waals surface area contributed by atoms with E-state index in [-0.39, 0.29) is 5.92 Å². The third-order valence-corrected chi connectivity index (χ3v) is 3.90. The molecule has 1 aromatic rings. The van der Waals surface area contributed by atoms with Gasteiger partial charge in [-0.1, -0.05) is 42.8 Å². The Morgan fingerprint density at radius 3 is 2.69 bits per heavy atom. The molecule has 0 spiro atoms. The average Bonchev–Trinajstić information content (AvgIpc) is 2.30. The number of allylic oxidation sites excluding steroid dienone is 2. The number of carbonyl (C=O) groups is 1. The Kier molecular flexibility index (Phi) is 2.39. The quantitative estimate of drug-likeness (QED) is 0.696. The minimum absolute atomic E-state index is 0.190. The Bertz CT molecular complexity index is 430. The van der Waals surface area contributed by atoms with Gasteiger partial charge in [0.25, 0.3) is 0 Å². The summed E-state index contributed by atoms with van der Waals surface area (Å²) in [5, 5.41) is 0.